The van der Waals surface area contributed by atoms with Crippen LogP contribution in [0.1, 0.15) is 32.3 Å². The van der Waals surface area contributed by atoms with E-state index in [0.717, 1.165) is 12.3 Å². The summed E-state index contributed by atoms with van der Waals surface area (Å²) in [6, 6.07) is 13.4. The van der Waals surface area contributed by atoms with Crippen LogP contribution < -0.4 is 10.1 Å². The van der Waals surface area contributed by atoms with Crippen molar-refractivity contribution >= 4 is 10.8 Å². The number of rotatable bonds is 5. The highest BCUT2D eigenvalue weighted by molar-refractivity contribution is 5.84. The highest BCUT2D eigenvalue weighted by atomic mass is 16.5. The minimum absolute atomic E-state index is 0.522. The zero-order valence-corrected chi connectivity index (χ0v) is 12.2. The van der Waals surface area contributed by atoms with Crippen LogP contribution in [0.4, 0.5) is 0 Å². The molecule has 0 amide bonds. The number of methoxy groups -OCH3 is 1. The van der Waals surface area contributed by atoms with Gasteiger partial charge < -0.3 is 10.1 Å². The first-order valence-corrected chi connectivity index (χ1v) is 6.91. The molecule has 0 saturated heterocycles. The molecule has 2 heteroatoms. The third-order valence-electron chi connectivity index (χ3n) is 3.47. The second kappa shape index (κ2) is 6.07. The lowest BCUT2D eigenvalue weighted by atomic mass is 9.97. The van der Waals surface area contributed by atoms with E-state index < -0.39 is 0 Å². The van der Waals surface area contributed by atoms with Gasteiger partial charge >= 0.3 is 0 Å². The van der Waals surface area contributed by atoms with Gasteiger partial charge in [-0.2, -0.15) is 0 Å². The topological polar surface area (TPSA) is 21.3 Å². The Morgan fingerprint density at radius 3 is 2.37 bits per heavy atom. The number of ether oxygens (including phenoxy) is 1. The van der Waals surface area contributed by atoms with Crippen molar-refractivity contribution in [1.82, 2.24) is 5.32 Å². The molecular weight excluding hydrogens is 234 g/mol. The van der Waals surface area contributed by atoms with Gasteiger partial charge in [-0.1, -0.05) is 45.0 Å². The average Bonchev–Trinajstić information content (AvgIpc) is 2.43. The van der Waals surface area contributed by atoms with E-state index in [1.165, 1.54) is 16.3 Å². The van der Waals surface area contributed by atoms with E-state index in [2.05, 4.69) is 56.4 Å². The Hall–Kier alpha value is -1.54. The second-order valence-corrected chi connectivity index (χ2v) is 5.44. The second-order valence-electron chi connectivity index (χ2n) is 5.44. The van der Waals surface area contributed by atoms with E-state index in [0.29, 0.717) is 12.0 Å². The van der Waals surface area contributed by atoms with Gasteiger partial charge in [0.1, 0.15) is 5.75 Å². The summed E-state index contributed by atoms with van der Waals surface area (Å²) >= 11 is 0. The first-order chi connectivity index (χ1) is 9.10. The van der Waals surface area contributed by atoms with E-state index in [1.807, 2.05) is 6.07 Å². The van der Waals surface area contributed by atoms with Crippen LogP contribution in [-0.2, 0) is 0 Å². The molecule has 0 heterocycles. The standard InChI is InChI=1S/C17H23NO/c1-12(2)18-11-13(3)14-5-6-16-10-17(19-4)8-7-15(16)9-14/h5-10,12-13,18H,11H2,1-4H3. The number of nitrogens with one attached hydrogen (secondary N) is 1. The fourth-order valence-corrected chi connectivity index (χ4v) is 2.21. The zero-order valence-electron chi connectivity index (χ0n) is 12.2. The van der Waals surface area contributed by atoms with Crippen LogP contribution in [0, 0.1) is 0 Å². The van der Waals surface area contributed by atoms with E-state index in [1.54, 1.807) is 7.11 Å². The van der Waals surface area contributed by atoms with Crippen molar-refractivity contribution in [3.05, 3.63) is 42.0 Å². The van der Waals surface area contributed by atoms with E-state index >= 15 is 0 Å². The normalized spacial score (nSPS) is 12.9. The number of hydrogen-bond acceptors (Lipinski definition) is 2. The Balaban J connectivity index is 2.21. The minimum atomic E-state index is 0.522. The molecule has 0 aliphatic heterocycles. The van der Waals surface area contributed by atoms with Gasteiger partial charge in [-0.25, -0.2) is 0 Å². The van der Waals surface area contributed by atoms with Crippen LogP contribution in [0.5, 0.6) is 5.75 Å². The Morgan fingerprint density at radius 1 is 1.00 bits per heavy atom. The fraction of sp³-hybridized carbons (Fsp3) is 0.412. The largest absolute Gasteiger partial charge is 0.497 e. The summed E-state index contributed by atoms with van der Waals surface area (Å²) in [6.07, 6.45) is 0. The minimum Gasteiger partial charge on any atom is -0.497 e. The molecule has 1 unspecified atom stereocenters. The van der Waals surface area contributed by atoms with Gasteiger partial charge in [0.15, 0.2) is 0 Å². The number of hydrogen-bond donors (Lipinski definition) is 1. The molecule has 1 atom stereocenters. The van der Waals surface area contributed by atoms with Crippen LogP contribution in [0.2, 0.25) is 0 Å². The molecule has 0 spiro atoms. The fourth-order valence-electron chi connectivity index (χ4n) is 2.21. The predicted molar refractivity (Wildman–Crippen MR) is 82.1 cm³/mol. The van der Waals surface area contributed by atoms with Crippen molar-refractivity contribution in [1.29, 1.82) is 0 Å². The van der Waals surface area contributed by atoms with Gasteiger partial charge in [0.25, 0.3) is 0 Å². The third kappa shape index (κ3) is 3.48. The molecule has 2 nitrogen and oxygen atoms in total. The predicted octanol–water partition coefficient (Wildman–Crippen LogP) is 3.95. The van der Waals surface area contributed by atoms with Crippen LogP contribution in [-0.4, -0.2) is 19.7 Å². The summed E-state index contributed by atoms with van der Waals surface area (Å²) in [5.41, 5.74) is 1.38. The van der Waals surface area contributed by atoms with Crippen molar-refractivity contribution < 1.29 is 4.74 Å². The summed E-state index contributed by atoms with van der Waals surface area (Å²) in [6.45, 7) is 7.64. The molecule has 2 rings (SSSR count). The Bertz CT molecular complexity index is 548. The zero-order chi connectivity index (χ0) is 13.8. The molecule has 2 aromatic rings. The maximum atomic E-state index is 5.25. The van der Waals surface area contributed by atoms with Gasteiger partial charge in [-0.05, 0) is 34.4 Å². The van der Waals surface area contributed by atoms with E-state index in [4.69, 9.17) is 4.74 Å². The molecular formula is C17H23NO. The van der Waals surface area contributed by atoms with Crippen LogP contribution in [0.3, 0.4) is 0 Å². The highest BCUT2D eigenvalue weighted by Gasteiger charge is 2.07. The van der Waals surface area contributed by atoms with Crippen LogP contribution >= 0.6 is 0 Å². The van der Waals surface area contributed by atoms with Crippen LogP contribution in [0.25, 0.3) is 10.8 Å². The maximum Gasteiger partial charge on any atom is 0.119 e. The lowest BCUT2D eigenvalue weighted by Crippen LogP contribution is -2.26. The van der Waals surface area contributed by atoms with Crippen molar-refractivity contribution in [3.63, 3.8) is 0 Å². The van der Waals surface area contributed by atoms with Gasteiger partial charge in [0.2, 0.25) is 0 Å². The van der Waals surface area contributed by atoms with Crippen molar-refractivity contribution in [2.75, 3.05) is 13.7 Å². The summed E-state index contributed by atoms with van der Waals surface area (Å²) in [7, 11) is 1.70. The van der Waals surface area contributed by atoms with Crippen molar-refractivity contribution in [3.8, 4) is 5.75 Å². The number of fused-ring (bicyclic) bond motifs is 1. The van der Waals surface area contributed by atoms with Gasteiger partial charge in [0, 0.05) is 12.6 Å². The highest BCUT2D eigenvalue weighted by Crippen LogP contribution is 2.24. The first-order valence-electron chi connectivity index (χ1n) is 6.91. The average molecular weight is 257 g/mol. The quantitative estimate of drug-likeness (QED) is 0.875. The smallest absolute Gasteiger partial charge is 0.119 e. The molecule has 2 aromatic carbocycles. The molecule has 0 radical (unpaired) electrons. The van der Waals surface area contributed by atoms with E-state index in [-0.39, 0.29) is 0 Å². The molecule has 1 N–H and O–H groups in total. The molecule has 0 bridgehead atoms. The Morgan fingerprint density at radius 2 is 1.68 bits per heavy atom. The number of benzene rings is 2. The SMILES string of the molecule is COc1ccc2cc(C(C)CNC(C)C)ccc2c1. The first kappa shape index (κ1) is 13.9. The summed E-state index contributed by atoms with van der Waals surface area (Å²) in [5, 5.41) is 5.99. The van der Waals surface area contributed by atoms with Crippen molar-refractivity contribution in [2.24, 2.45) is 0 Å². The molecule has 19 heavy (non-hydrogen) atoms. The Labute approximate surface area is 115 Å². The maximum absolute atomic E-state index is 5.25. The monoisotopic (exact) mass is 257 g/mol. The summed E-state index contributed by atoms with van der Waals surface area (Å²) in [4.78, 5) is 0. The van der Waals surface area contributed by atoms with Crippen LogP contribution in [0.15, 0.2) is 36.4 Å². The molecule has 0 saturated carbocycles. The molecule has 0 aromatic heterocycles. The van der Waals surface area contributed by atoms with Crippen molar-refractivity contribution in [2.45, 2.75) is 32.7 Å². The molecule has 0 fully saturated rings. The van der Waals surface area contributed by atoms with Gasteiger partial charge in [-0.3, -0.25) is 0 Å². The molecule has 102 valence electrons. The Kier molecular flexibility index (Phi) is 4.43. The summed E-state index contributed by atoms with van der Waals surface area (Å²) < 4.78 is 5.25. The van der Waals surface area contributed by atoms with Gasteiger partial charge in [-0.15, -0.1) is 0 Å². The molecule has 0 aliphatic rings. The van der Waals surface area contributed by atoms with Gasteiger partial charge in [0.05, 0.1) is 7.11 Å². The van der Waals surface area contributed by atoms with E-state index in [9.17, 15) is 0 Å². The third-order valence-corrected chi connectivity index (χ3v) is 3.47. The molecule has 0 aliphatic carbocycles. The lowest BCUT2D eigenvalue weighted by molar-refractivity contribution is 0.415. The summed E-state index contributed by atoms with van der Waals surface area (Å²) in [5.74, 6) is 1.43. The lowest BCUT2D eigenvalue weighted by Gasteiger charge is -2.16.